The fourth-order valence-corrected chi connectivity index (χ4v) is 3.46. The maximum Gasteiger partial charge on any atom is 0.225 e. The summed E-state index contributed by atoms with van der Waals surface area (Å²) < 4.78 is 7.54. The van der Waals surface area contributed by atoms with Crippen molar-refractivity contribution in [2.24, 2.45) is 13.0 Å². The Morgan fingerprint density at radius 3 is 2.61 bits per heavy atom. The molecule has 1 fully saturated rings. The van der Waals surface area contributed by atoms with Crippen molar-refractivity contribution in [3.05, 3.63) is 47.8 Å². The van der Waals surface area contributed by atoms with Gasteiger partial charge in [0.05, 0.1) is 18.7 Å². The number of ether oxygens (including phenoxy) is 1. The fraction of sp³-hybridized carbons (Fsp3) is 0.524. The van der Waals surface area contributed by atoms with E-state index >= 15 is 0 Å². The van der Waals surface area contributed by atoms with Crippen LogP contribution in [0.5, 0.6) is 5.75 Å². The molecule has 0 radical (unpaired) electrons. The van der Waals surface area contributed by atoms with E-state index in [1.54, 1.807) is 4.68 Å². The molecule has 2 heterocycles. The van der Waals surface area contributed by atoms with E-state index in [0.29, 0.717) is 19.7 Å². The van der Waals surface area contributed by atoms with Crippen LogP contribution in [0.1, 0.15) is 37.8 Å². The summed E-state index contributed by atoms with van der Waals surface area (Å²) in [6.07, 6.45) is 3.84. The van der Waals surface area contributed by atoms with E-state index in [-0.39, 0.29) is 35.6 Å². The second kappa shape index (κ2) is 9.43. The van der Waals surface area contributed by atoms with Gasteiger partial charge >= 0.3 is 0 Å². The summed E-state index contributed by atoms with van der Waals surface area (Å²) in [5, 5.41) is 10.5. The third kappa shape index (κ3) is 5.49. The molecule has 3 rings (SSSR count). The van der Waals surface area contributed by atoms with Gasteiger partial charge in [-0.2, -0.15) is 5.10 Å². The standard InChI is InChI=1S/C21H30N4O2.ClH/c1-21(2,3)16-5-7-17(8-6-16)27-10-9-23-20(26)19-13-22-12-18(19)15-11-24-25(4)14-15;/h5-8,11,14,18-19,22H,9-10,12-13H2,1-4H3,(H,23,26);1H/t18-,19+;/m1./s1. The maximum absolute atomic E-state index is 12.6. The molecule has 1 aromatic heterocycles. The number of aromatic nitrogens is 2. The molecule has 1 aromatic carbocycles. The van der Waals surface area contributed by atoms with E-state index in [0.717, 1.165) is 17.9 Å². The van der Waals surface area contributed by atoms with E-state index in [1.807, 2.05) is 31.6 Å². The molecule has 0 spiro atoms. The summed E-state index contributed by atoms with van der Waals surface area (Å²) in [4.78, 5) is 12.6. The summed E-state index contributed by atoms with van der Waals surface area (Å²) >= 11 is 0. The van der Waals surface area contributed by atoms with E-state index < -0.39 is 0 Å². The van der Waals surface area contributed by atoms with Gasteiger partial charge in [0.1, 0.15) is 12.4 Å². The van der Waals surface area contributed by atoms with Gasteiger partial charge in [-0.3, -0.25) is 9.48 Å². The minimum Gasteiger partial charge on any atom is -0.492 e. The lowest BCUT2D eigenvalue weighted by molar-refractivity contribution is -0.124. The number of aryl methyl sites for hydroxylation is 1. The minimum atomic E-state index is -0.0692. The lowest BCUT2D eigenvalue weighted by Gasteiger charge is -2.19. The predicted molar refractivity (Wildman–Crippen MR) is 113 cm³/mol. The number of hydrogen-bond acceptors (Lipinski definition) is 4. The van der Waals surface area contributed by atoms with Crippen LogP contribution in [-0.2, 0) is 17.3 Å². The molecule has 154 valence electrons. The van der Waals surface area contributed by atoms with Gasteiger partial charge < -0.3 is 15.4 Å². The zero-order valence-electron chi connectivity index (χ0n) is 17.1. The highest BCUT2D eigenvalue weighted by molar-refractivity contribution is 5.85. The zero-order chi connectivity index (χ0) is 19.4. The Hall–Kier alpha value is -2.05. The van der Waals surface area contributed by atoms with Gasteiger partial charge in [-0.05, 0) is 28.7 Å². The molecule has 2 atom stereocenters. The van der Waals surface area contributed by atoms with Crippen molar-refractivity contribution >= 4 is 18.3 Å². The van der Waals surface area contributed by atoms with Crippen LogP contribution < -0.4 is 15.4 Å². The summed E-state index contributed by atoms with van der Waals surface area (Å²) in [7, 11) is 1.90. The van der Waals surface area contributed by atoms with Crippen LogP contribution >= 0.6 is 12.4 Å². The molecule has 0 aliphatic carbocycles. The first-order valence-electron chi connectivity index (χ1n) is 9.55. The number of hydrogen-bond donors (Lipinski definition) is 2. The Bertz CT molecular complexity index is 767. The summed E-state index contributed by atoms with van der Waals surface area (Å²) in [5.74, 6) is 0.999. The predicted octanol–water partition coefficient (Wildman–Crippen LogP) is 2.64. The number of carbonyl (C=O) groups is 1. The first-order valence-corrected chi connectivity index (χ1v) is 9.55. The van der Waals surface area contributed by atoms with Crippen molar-refractivity contribution in [2.75, 3.05) is 26.2 Å². The lowest BCUT2D eigenvalue weighted by Crippen LogP contribution is -2.36. The van der Waals surface area contributed by atoms with E-state index in [1.165, 1.54) is 5.56 Å². The van der Waals surface area contributed by atoms with Crippen LogP contribution in [0.25, 0.3) is 0 Å². The van der Waals surface area contributed by atoms with Gasteiger partial charge in [-0.15, -0.1) is 12.4 Å². The molecule has 6 nitrogen and oxygen atoms in total. The average molecular weight is 407 g/mol. The van der Waals surface area contributed by atoms with Crippen molar-refractivity contribution in [1.82, 2.24) is 20.4 Å². The molecule has 1 amide bonds. The van der Waals surface area contributed by atoms with Crippen LogP contribution in [0.2, 0.25) is 0 Å². The highest BCUT2D eigenvalue weighted by Crippen LogP contribution is 2.28. The molecule has 0 unspecified atom stereocenters. The van der Waals surface area contributed by atoms with Crippen LogP contribution in [0, 0.1) is 5.92 Å². The number of nitrogens with zero attached hydrogens (tertiary/aromatic N) is 2. The van der Waals surface area contributed by atoms with Crippen molar-refractivity contribution in [3.8, 4) is 5.75 Å². The molecule has 1 saturated heterocycles. The minimum absolute atomic E-state index is 0. The third-order valence-corrected chi connectivity index (χ3v) is 5.09. The molecule has 0 bridgehead atoms. The van der Waals surface area contributed by atoms with Gasteiger partial charge in [0.25, 0.3) is 0 Å². The number of nitrogens with one attached hydrogen (secondary N) is 2. The van der Waals surface area contributed by atoms with Crippen molar-refractivity contribution < 1.29 is 9.53 Å². The molecular weight excluding hydrogens is 376 g/mol. The maximum atomic E-state index is 12.6. The van der Waals surface area contributed by atoms with Crippen LogP contribution in [0.15, 0.2) is 36.7 Å². The number of amides is 1. The SMILES string of the molecule is Cl.Cn1cc([C@H]2CNC[C@@H]2C(=O)NCCOc2ccc(C(C)(C)C)cc2)cn1. The first kappa shape index (κ1) is 22.2. The topological polar surface area (TPSA) is 68.2 Å². The molecule has 7 heteroatoms. The second-order valence-electron chi connectivity index (χ2n) is 8.23. The molecule has 1 aliphatic heterocycles. The van der Waals surface area contributed by atoms with Gasteiger partial charge in [0, 0.05) is 32.3 Å². The molecular formula is C21H31ClN4O2. The van der Waals surface area contributed by atoms with E-state index in [2.05, 4.69) is 48.6 Å². The Balaban J connectivity index is 0.00000280. The fourth-order valence-electron chi connectivity index (χ4n) is 3.46. The van der Waals surface area contributed by atoms with E-state index in [9.17, 15) is 4.79 Å². The highest BCUT2D eigenvalue weighted by Gasteiger charge is 2.34. The molecule has 28 heavy (non-hydrogen) atoms. The zero-order valence-corrected chi connectivity index (χ0v) is 17.9. The molecule has 2 N–H and O–H groups in total. The monoisotopic (exact) mass is 406 g/mol. The second-order valence-corrected chi connectivity index (χ2v) is 8.23. The van der Waals surface area contributed by atoms with Gasteiger partial charge in [-0.1, -0.05) is 32.9 Å². The van der Waals surface area contributed by atoms with Gasteiger partial charge in [0.2, 0.25) is 5.91 Å². The molecule has 1 aliphatic rings. The molecule has 0 saturated carbocycles. The van der Waals surface area contributed by atoms with Gasteiger partial charge in [0.15, 0.2) is 0 Å². The number of benzene rings is 1. The van der Waals surface area contributed by atoms with Gasteiger partial charge in [-0.25, -0.2) is 0 Å². The average Bonchev–Trinajstić information content (AvgIpc) is 3.27. The number of rotatable bonds is 6. The number of halogens is 1. The third-order valence-electron chi connectivity index (χ3n) is 5.09. The normalized spacial score (nSPS) is 19.1. The van der Waals surface area contributed by atoms with Crippen LogP contribution in [0.3, 0.4) is 0 Å². The highest BCUT2D eigenvalue weighted by atomic mass is 35.5. The Kier molecular flexibility index (Phi) is 7.49. The Morgan fingerprint density at radius 1 is 1.29 bits per heavy atom. The summed E-state index contributed by atoms with van der Waals surface area (Å²) in [6.45, 7) is 9.02. The smallest absolute Gasteiger partial charge is 0.225 e. The molecule has 2 aromatic rings. The quantitative estimate of drug-likeness (QED) is 0.723. The Morgan fingerprint density at radius 2 is 2.00 bits per heavy atom. The lowest BCUT2D eigenvalue weighted by atomic mass is 9.87. The van der Waals surface area contributed by atoms with Crippen molar-refractivity contribution in [3.63, 3.8) is 0 Å². The van der Waals surface area contributed by atoms with Crippen LogP contribution in [0.4, 0.5) is 0 Å². The summed E-state index contributed by atoms with van der Waals surface area (Å²) in [6, 6.07) is 8.16. The van der Waals surface area contributed by atoms with Crippen molar-refractivity contribution in [2.45, 2.75) is 32.1 Å². The first-order chi connectivity index (χ1) is 12.8. The number of carbonyl (C=O) groups excluding carboxylic acids is 1. The summed E-state index contributed by atoms with van der Waals surface area (Å²) in [5.41, 5.74) is 2.52. The largest absolute Gasteiger partial charge is 0.492 e. The van der Waals surface area contributed by atoms with E-state index in [4.69, 9.17) is 4.74 Å². The van der Waals surface area contributed by atoms with Crippen molar-refractivity contribution in [1.29, 1.82) is 0 Å². The van der Waals surface area contributed by atoms with Crippen LogP contribution in [-0.4, -0.2) is 41.9 Å². The Labute approximate surface area is 173 Å².